The summed E-state index contributed by atoms with van der Waals surface area (Å²) in [6, 6.07) is 60.0. The van der Waals surface area contributed by atoms with E-state index in [0.29, 0.717) is 17.6 Å². The molecule has 0 N–H and O–H groups in total. The van der Waals surface area contributed by atoms with Crippen molar-refractivity contribution >= 4 is 66.2 Å². The number of para-hydroxylation sites is 4. The third-order valence-electron chi connectivity index (χ3n) is 11.9. The van der Waals surface area contributed by atoms with Gasteiger partial charge in [0, 0.05) is 60.7 Å². The Labute approximate surface area is 347 Å². The van der Waals surface area contributed by atoms with Crippen LogP contribution in [-0.4, -0.2) is 28.7 Å². The maximum Gasteiger partial charge on any atom is 0.238 e. The topological polar surface area (TPSA) is 53.5 Å². The first kappa shape index (κ1) is 35.3. The summed E-state index contributed by atoms with van der Waals surface area (Å²) in [5.41, 5.74) is 12.8. The third kappa shape index (κ3) is 5.52. The number of hydrogen-bond donors (Lipinski definition) is 0. The molecule has 4 heterocycles. The Morgan fingerprint density at radius 1 is 0.517 bits per heavy atom. The van der Waals surface area contributed by atoms with Crippen molar-refractivity contribution in [1.29, 1.82) is 0 Å². The van der Waals surface area contributed by atoms with Crippen LogP contribution in [0.1, 0.15) is 29.6 Å². The van der Waals surface area contributed by atoms with Crippen molar-refractivity contribution < 1.29 is 0 Å². The number of aryl methyl sites for hydroxylation is 1. The molecule has 286 valence electrons. The smallest absolute Gasteiger partial charge is 0.238 e. The van der Waals surface area contributed by atoms with E-state index in [9.17, 15) is 0 Å². The molecule has 7 aromatic carbocycles. The van der Waals surface area contributed by atoms with Gasteiger partial charge in [-0.15, -0.1) is 0 Å². The molecule has 0 aliphatic rings. The highest BCUT2D eigenvalue weighted by atomic mass is 15.2. The van der Waals surface area contributed by atoms with Crippen LogP contribution < -0.4 is 0 Å². The Kier molecular flexibility index (Phi) is 8.38. The van der Waals surface area contributed by atoms with Crippen LogP contribution in [0.5, 0.6) is 0 Å². The average molecular weight is 773 g/mol. The second kappa shape index (κ2) is 14.2. The Morgan fingerprint density at radius 2 is 1.05 bits per heavy atom. The molecule has 6 heteroatoms. The Morgan fingerprint density at radius 3 is 1.68 bits per heavy atom. The van der Waals surface area contributed by atoms with E-state index in [4.69, 9.17) is 15.0 Å². The predicted octanol–water partition coefficient (Wildman–Crippen LogP) is 13.3. The molecule has 0 saturated heterocycles. The summed E-state index contributed by atoms with van der Waals surface area (Å²) in [7, 11) is 0. The van der Waals surface area contributed by atoms with E-state index in [0.717, 1.165) is 89.3 Å². The quantitative estimate of drug-likeness (QED) is 0.145. The first-order valence-electron chi connectivity index (χ1n) is 20.5. The number of hydrogen-bond acceptors (Lipinski definition) is 3. The van der Waals surface area contributed by atoms with Gasteiger partial charge < -0.3 is 9.13 Å². The SMILES string of the molecule is C=C/C(=C\c1c(C)n(-c2ccccc2)c2ccccc12)c1nc(-c2ccccc2)nc(-n2c3ccccc3c3ccc4c5ccccc5n(-c5ccc(CC)cc5)c4c32)n1. The predicted molar refractivity (Wildman–Crippen MR) is 249 cm³/mol. The maximum atomic E-state index is 5.41. The Hall–Kier alpha value is -7.83. The van der Waals surface area contributed by atoms with Gasteiger partial charge in [0.2, 0.25) is 5.95 Å². The molecule has 60 heavy (non-hydrogen) atoms. The lowest BCUT2D eigenvalue weighted by atomic mass is 10.1. The normalized spacial score (nSPS) is 12.1. The highest BCUT2D eigenvalue weighted by Crippen LogP contribution is 2.42. The van der Waals surface area contributed by atoms with E-state index in [1.165, 1.54) is 10.9 Å². The third-order valence-corrected chi connectivity index (χ3v) is 11.9. The summed E-state index contributed by atoms with van der Waals surface area (Å²) in [6.07, 6.45) is 5.02. The van der Waals surface area contributed by atoms with Crippen molar-refractivity contribution in [2.75, 3.05) is 0 Å². The van der Waals surface area contributed by atoms with Crippen LogP contribution in [0.2, 0.25) is 0 Å². The molecule has 0 aliphatic heterocycles. The van der Waals surface area contributed by atoms with Crippen LogP contribution in [0.3, 0.4) is 0 Å². The van der Waals surface area contributed by atoms with E-state index in [-0.39, 0.29) is 0 Å². The Balaban J connectivity index is 1.23. The van der Waals surface area contributed by atoms with Crippen LogP contribution in [0, 0.1) is 6.92 Å². The van der Waals surface area contributed by atoms with E-state index in [1.54, 1.807) is 0 Å². The number of allylic oxidation sites excluding steroid dienone is 2. The highest BCUT2D eigenvalue weighted by molar-refractivity contribution is 6.23. The van der Waals surface area contributed by atoms with Gasteiger partial charge in [-0.1, -0.05) is 147 Å². The molecule has 0 radical (unpaired) electrons. The first-order valence-corrected chi connectivity index (χ1v) is 20.5. The largest absolute Gasteiger partial charge is 0.313 e. The number of benzene rings is 7. The zero-order valence-corrected chi connectivity index (χ0v) is 33.4. The van der Waals surface area contributed by atoms with Gasteiger partial charge in [-0.25, -0.2) is 4.98 Å². The lowest BCUT2D eigenvalue weighted by Gasteiger charge is -2.14. The van der Waals surface area contributed by atoms with Gasteiger partial charge in [0.1, 0.15) is 0 Å². The molecular formula is C54H40N6. The summed E-state index contributed by atoms with van der Waals surface area (Å²) in [6.45, 7) is 8.71. The molecular weight excluding hydrogens is 733 g/mol. The van der Waals surface area contributed by atoms with Crippen molar-refractivity contribution in [2.45, 2.75) is 20.3 Å². The number of rotatable bonds is 8. The first-order chi connectivity index (χ1) is 29.6. The number of aromatic nitrogens is 6. The van der Waals surface area contributed by atoms with Crippen LogP contribution in [-0.2, 0) is 6.42 Å². The summed E-state index contributed by atoms with van der Waals surface area (Å²) in [5, 5.41) is 5.74. The van der Waals surface area contributed by atoms with Crippen molar-refractivity contribution in [3.63, 3.8) is 0 Å². The van der Waals surface area contributed by atoms with Gasteiger partial charge in [0.15, 0.2) is 11.6 Å². The minimum atomic E-state index is 0.534. The molecule has 11 aromatic rings. The Bertz CT molecular complexity index is 3480. The van der Waals surface area contributed by atoms with Crippen molar-refractivity contribution in [2.24, 2.45) is 0 Å². The standard InChI is InChI=1S/C54H40N6/c1-4-36-28-30-40(31-29-36)59-48-26-16-12-22-41(48)44-32-33-45-42-23-13-17-27-49(42)60(51(45)50(44)59)54-56-52(55-53(57-54)38-18-8-6-9-19-38)37(5-2)34-46-35(3)58(39-20-10-7-11-21-39)47-25-15-14-24-43(46)47/h5-34H,2,4H2,1,3H3/b37-34+. The molecule has 0 aliphatic carbocycles. The summed E-state index contributed by atoms with van der Waals surface area (Å²) < 4.78 is 6.96. The molecule has 11 rings (SSSR count). The van der Waals surface area contributed by atoms with Crippen LogP contribution in [0.4, 0.5) is 0 Å². The van der Waals surface area contributed by atoms with Gasteiger partial charge in [0.25, 0.3) is 0 Å². The fraction of sp³-hybridized carbons (Fsp3) is 0.0556. The van der Waals surface area contributed by atoms with Gasteiger partial charge in [-0.2, -0.15) is 9.97 Å². The van der Waals surface area contributed by atoms with E-state index in [1.807, 2.05) is 24.3 Å². The maximum absolute atomic E-state index is 5.41. The second-order valence-corrected chi connectivity index (χ2v) is 15.2. The average Bonchev–Trinajstić information content (AvgIpc) is 3.93. The highest BCUT2D eigenvalue weighted by Gasteiger charge is 2.24. The van der Waals surface area contributed by atoms with Crippen molar-refractivity contribution in [3.8, 4) is 28.7 Å². The van der Waals surface area contributed by atoms with E-state index in [2.05, 4.69) is 192 Å². The van der Waals surface area contributed by atoms with Crippen LogP contribution in [0.15, 0.2) is 183 Å². The molecule has 6 nitrogen and oxygen atoms in total. The molecule has 0 spiro atoms. The number of nitrogens with zero attached hydrogens (tertiary/aromatic N) is 6. The minimum Gasteiger partial charge on any atom is -0.313 e. The van der Waals surface area contributed by atoms with Crippen molar-refractivity contribution in [1.82, 2.24) is 28.7 Å². The van der Waals surface area contributed by atoms with Crippen LogP contribution in [0.25, 0.3) is 94.9 Å². The lowest BCUT2D eigenvalue weighted by molar-refractivity contribution is 0.933. The van der Waals surface area contributed by atoms with E-state index >= 15 is 0 Å². The fourth-order valence-electron chi connectivity index (χ4n) is 9.02. The van der Waals surface area contributed by atoms with Gasteiger partial charge in [0.05, 0.1) is 27.6 Å². The molecule has 0 saturated carbocycles. The molecule has 0 amide bonds. The molecule has 0 atom stereocenters. The summed E-state index contributed by atoms with van der Waals surface area (Å²) in [5.74, 6) is 1.66. The summed E-state index contributed by atoms with van der Waals surface area (Å²) in [4.78, 5) is 16.0. The van der Waals surface area contributed by atoms with Gasteiger partial charge in [-0.05, 0) is 67.4 Å². The zero-order chi connectivity index (χ0) is 40.3. The van der Waals surface area contributed by atoms with Crippen LogP contribution >= 0.6 is 0 Å². The monoisotopic (exact) mass is 772 g/mol. The molecule has 0 bridgehead atoms. The summed E-state index contributed by atoms with van der Waals surface area (Å²) >= 11 is 0. The molecule has 4 aromatic heterocycles. The second-order valence-electron chi connectivity index (χ2n) is 15.2. The lowest BCUT2D eigenvalue weighted by Crippen LogP contribution is -2.08. The van der Waals surface area contributed by atoms with Gasteiger partial charge >= 0.3 is 0 Å². The van der Waals surface area contributed by atoms with Crippen molar-refractivity contribution in [3.05, 3.63) is 205 Å². The van der Waals surface area contributed by atoms with Gasteiger partial charge in [-0.3, -0.25) is 4.57 Å². The zero-order valence-electron chi connectivity index (χ0n) is 33.4. The fourth-order valence-corrected chi connectivity index (χ4v) is 9.02. The minimum absolute atomic E-state index is 0.534. The number of fused-ring (bicyclic) bond motifs is 8. The van der Waals surface area contributed by atoms with E-state index < -0.39 is 0 Å². The molecule has 0 unspecified atom stereocenters. The molecule has 0 fully saturated rings.